The number of amides is 1. The van der Waals surface area contributed by atoms with Crippen molar-refractivity contribution >= 4 is 21.4 Å². The van der Waals surface area contributed by atoms with Crippen LogP contribution in [0.5, 0.6) is 0 Å². The molecule has 3 saturated heterocycles. The molecule has 0 spiro atoms. The van der Waals surface area contributed by atoms with Crippen molar-refractivity contribution in [3.05, 3.63) is 54.1 Å². The summed E-state index contributed by atoms with van der Waals surface area (Å²) in [6, 6.07) is 14.1. The zero-order chi connectivity index (χ0) is 23.5. The highest BCUT2D eigenvalue weighted by Gasteiger charge is 2.38. The van der Waals surface area contributed by atoms with Crippen molar-refractivity contribution in [2.24, 2.45) is 5.92 Å². The van der Waals surface area contributed by atoms with Gasteiger partial charge in [-0.15, -0.1) is 0 Å². The van der Waals surface area contributed by atoms with Crippen LogP contribution in [0.3, 0.4) is 0 Å². The van der Waals surface area contributed by atoms with E-state index in [1.54, 1.807) is 42.5 Å². The summed E-state index contributed by atoms with van der Waals surface area (Å²) in [6.45, 7) is 5.12. The Balaban J connectivity index is 1.21. The van der Waals surface area contributed by atoms with Crippen LogP contribution < -0.4 is 20.9 Å². The predicted octanol–water partition coefficient (Wildman–Crippen LogP) is 1.31. The highest BCUT2D eigenvalue weighted by molar-refractivity contribution is 7.91. The summed E-state index contributed by atoms with van der Waals surface area (Å²) in [5.41, 5.74) is 1.76. The summed E-state index contributed by atoms with van der Waals surface area (Å²) >= 11 is 0. The molecule has 3 aliphatic heterocycles. The Hall–Kier alpha value is -2.46. The maximum Gasteiger partial charge on any atom is 0.237 e. The van der Waals surface area contributed by atoms with E-state index in [2.05, 4.69) is 20.9 Å². The smallest absolute Gasteiger partial charge is 0.237 e. The number of nitrogens with zero attached hydrogens (tertiary/aromatic N) is 1. The molecule has 0 saturated carbocycles. The lowest BCUT2D eigenvalue weighted by Crippen LogP contribution is -2.45. The Labute approximate surface area is 201 Å². The molecule has 3 N–H and O–H groups in total. The molecule has 182 valence electrons. The van der Waals surface area contributed by atoms with E-state index in [-0.39, 0.29) is 21.7 Å². The lowest BCUT2D eigenvalue weighted by molar-refractivity contribution is -0.123. The van der Waals surface area contributed by atoms with Crippen LogP contribution in [0.25, 0.3) is 0 Å². The van der Waals surface area contributed by atoms with Crippen LogP contribution in [0.15, 0.2) is 58.3 Å². The highest BCUT2D eigenvalue weighted by atomic mass is 32.2. The quantitative estimate of drug-likeness (QED) is 0.569. The summed E-state index contributed by atoms with van der Waals surface area (Å²) in [5.74, 6) is 0.516. The summed E-state index contributed by atoms with van der Waals surface area (Å²) in [6.07, 6.45) is 1.91. The molecule has 2 aromatic rings. The van der Waals surface area contributed by atoms with E-state index in [1.165, 1.54) is 0 Å². The van der Waals surface area contributed by atoms with Gasteiger partial charge in [-0.3, -0.25) is 4.79 Å². The van der Waals surface area contributed by atoms with E-state index in [4.69, 9.17) is 4.74 Å². The highest BCUT2D eigenvalue weighted by Crippen LogP contribution is 2.27. The molecule has 0 bridgehead atoms. The molecular weight excluding hydrogens is 452 g/mol. The van der Waals surface area contributed by atoms with Crippen LogP contribution in [0.4, 0.5) is 5.69 Å². The van der Waals surface area contributed by atoms with Crippen molar-refractivity contribution < 1.29 is 17.9 Å². The first kappa shape index (κ1) is 23.3. The minimum Gasteiger partial charge on any atom is -0.378 e. The number of nitrogens with one attached hydrogen (secondary N) is 3. The van der Waals surface area contributed by atoms with E-state index < -0.39 is 9.84 Å². The van der Waals surface area contributed by atoms with Crippen molar-refractivity contribution in [3.8, 4) is 0 Å². The van der Waals surface area contributed by atoms with Gasteiger partial charge in [-0.25, -0.2) is 8.42 Å². The lowest BCUT2D eigenvalue weighted by atomic mass is 9.94. The molecule has 8 nitrogen and oxygen atoms in total. The van der Waals surface area contributed by atoms with E-state index in [0.29, 0.717) is 31.7 Å². The Morgan fingerprint density at radius 3 is 2.65 bits per heavy atom. The van der Waals surface area contributed by atoms with Gasteiger partial charge in [0.05, 0.1) is 29.0 Å². The number of rotatable bonds is 6. The van der Waals surface area contributed by atoms with Crippen molar-refractivity contribution in [1.29, 1.82) is 0 Å². The van der Waals surface area contributed by atoms with Gasteiger partial charge < -0.3 is 25.6 Å². The normalized spacial score (nSPS) is 25.1. The number of hydrogen-bond donors (Lipinski definition) is 3. The average molecular weight is 485 g/mol. The van der Waals surface area contributed by atoms with Gasteiger partial charge in [-0.05, 0) is 67.7 Å². The van der Waals surface area contributed by atoms with Crippen molar-refractivity contribution in [3.63, 3.8) is 0 Å². The summed E-state index contributed by atoms with van der Waals surface area (Å²) in [4.78, 5) is 15.3. The van der Waals surface area contributed by atoms with Gasteiger partial charge in [0.2, 0.25) is 15.7 Å². The van der Waals surface area contributed by atoms with Gasteiger partial charge in [0.25, 0.3) is 0 Å². The van der Waals surface area contributed by atoms with Crippen molar-refractivity contribution in [2.75, 3.05) is 44.3 Å². The molecule has 0 aliphatic carbocycles. The molecule has 2 aromatic carbocycles. The van der Waals surface area contributed by atoms with E-state index >= 15 is 0 Å². The summed E-state index contributed by atoms with van der Waals surface area (Å²) in [5, 5.41) is 9.85. The third-order valence-corrected chi connectivity index (χ3v) is 8.85. The van der Waals surface area contributed by atoms with Gasteiger partial charge in [0.15, 0.2) is 0 Å². The van der Waals surface area contributed by atoms with Gasteiger partial charge in [0.1, 0.15) is 0 Å². The lowest BCUT2D eigenvalue weighted by Gasteiger charge is -2.29. The fraction of sp³-hybridized carbons (Fsp3) is 0.480. The second-order valence-corrected chi connectivity index (χ2v) is 11.2. The van der Waals surface area contributed by atoms with Gasteiger partial charge >= 0.3 is 0 Å². The first-order valence-electron chi connectivity index (χ1n) is 12.0. The maximum absolute atomic E-state index is 13.2. The number of sulfone groups is 1. The Morgan fingerprint density at radius 2 is 1.88 bits per heavy atom. The van der Waals surface area contributed by atoms with E-state index in [9.17, 15) is 13.2 Å². The first-order valence-corrected chi connectivity index (χ1v) is 13.5. The fourth-order valence-corrected chi connectivity index (χ4v) is 6.41. The number of carbonyl (C=O) groups is 1. The SMILES string of the molecule is O=C(NCc1ccc(S(=O)(=O)c2cccc(N3CCOCC3)c2)cc1)C1CC2CNCCC2N1. The molecule has 9 heteroatoms. The molecule has 0 aromatic heterocycles. The van der Waals surface area contributed by atoms with Crippen LogP contribution >= 0.6 is 0 Å². The second kappa shape index (κ2) is 10.0. The number of fused-ring (bicyclic) bond motifs is 1. The van der Waals surface area contributed by atoms with Crippen molar-refractivity contribution in [1.82, 2.24) is 16.0 Å². The minimum absolute atomic E-state index is 0.00558. The van der Waals surface area contributed by atoms with Crippen LogP contribution in [-0.2, 0) is 25.9 Å². The Bertz CT molecular complexity index is 1100. The van der Waals surface area contributed by atoms with Gasteiger partial charge in [-0.1, -0.05) is 18.2 Å². The molecule has 34 heavy (non-hydrogen) atoms. The molecule has 3 heterocycles. The molecule has 3 fully saturated rings. The van der Waals surface area contributed by atoms with Crippen molar-refractivity contribution in [2.45, 2.75) is 41.3 Å². The van der Waals surface area contributed by atoms with Gasteiger partial charge in [-0.2, -0.15) is 0 Å². The number of morpholine rings is 1. The summed E-state index contributed by atoms with van der Waals surface area (Å²) in [7, 11) is -3.63. The number of anilines is 1. The van der Waals surface area contributed by atoms with Gasteiger partial charge in [0, 0.05) is 31.4 Å². The molecule has 3 aliphatic rings. The van der Waals surface area contributed by atoms with E-state index in [0.717, 1.165) is 50.3 Å². The fourth-order valence-electron chi connectivity index (χ4n) is 5.11. The molecule has 1 amide bonds. The number of hydrogen-bond acceptors (Lipinski definition) is 7. The van der Waals surface area contributed by atoms with Crippen LogP contribution in [0.1, 0.15) is 18.4 Å². The Morgan fingerprint density at radius 1 is 1.09 bits per heavy atom. The van der Waals surface area contributed by atoms with Crippen LogP contribution in [-0.4, -0.2) is 65.8 Å². The van der Waals surface area contributed by atoms with Crippen LogP contribution in [0, 0.1) is 5.92 Å². The number of piperidine rings is 1. The predicted molar refractivity (Wildman–Crippen MR) is 130 cm³/mol. The average Bonchev–Trinajstić information content (AvgIpc) is 3.33. The standard InChI is InChI=1S/C25H32N4O4S/c30-25(24-14-19-17-26-9-8-23(19)28-24)27-16-18-4-6-21(7-5-18)34(31,32)22-3-1-2-20(15-22)29-10-12-33-13-11-29/h1-7,15,19,23-24,26,28H,8-14,16-17H2,(H,27,30). The number of ether oxygens (including phenoxy) is 1. The zero-order valence-electron chi connectivity index (χ0n) is 19.2. The number of benzene rings is 2. The maximum atomic E-state index is 13.2. The summed E-state index contributed by atoms with van der Waals surface area (Å²) < 4.78 is 31.8. The third kappa shape index (κ3) is 4.98. The van der Waals surface area contributed by atoms with Crippen LogP contribution in [0.2, 0.25) is 0 Å². The monoisotopic (exact) mass is 484 g/mol. The second-order valence-electron chi connectivity index (χ2n) is 9.28. The number of carbonyl (C=O) groups excluding carboxylic acids is 1. The zero-order valence-corrected chi connectivity index (χ0v) is 20.0. The topological polar surface area (TPSA) is 99.8 Å². The Kier molecular flexibility index (Phi) is 6.87. The molecule has 3 atom stereocenters. The molecular formula is C25H32N4O4S. The first-order chi connectivity index (χ1) is 16.5. The minimum atomic E-state index is -3.63. The van der Waals surface area contributed by atoms with E-state index in [1.807, 2.05) is 6.07 Å². The third-order valence-electron chi connectivity index (χ3n) is 7.08. The molecule has 3 unspecified atom stereocenters. The molecule has 0 radical (unpaired) electrons. The molecule has 5 rings (SSSR count). The largest absolute Gasteiger partial charge is 0.378 e.